The molecule has 0 spiro atoms. The van der Waals surface area contributed by atoms with Crippen LogP contribution in [0.5, 0.6) is 0 Å². The molecule has 1 fully saturated rings. The second-order valence-electron chi connectivity index (χ2n) is 7.51. The molecular formula is C18H25NO5. The van der Waals surface area contributed by atoms with E-state index in [4.69, 9.17) is 4.74 Å². The Bertz CT molecular complexity index is 610. The number of carbonyl (C=O) groups is 2. The minimum Gasteiger partial charge on any atom is -0.481 e. The van der Waals surface area contributed by atoms with Crippen LogP contribution in [-0.4, -0.2) is 45.4 Å². The van der Waals surface area contributed by atoms with Crippen molar-refractivity contribution in [2.45, 2.75) is 51.9 Å². The number of carboxylic acids is 1. The van der Waals surface area contributed by atoms with Gasteiger partial charge in [-0.2, -0.15) is 0 Å². The molecular weight excluding hydrogens is 310 g/mol. The smallest absolute Gasteiger partial charge is 0.410 e. The summed E-state index contributed by atoms with van der Waals surface area (Å²) in [5, 5.41) is 19.9. The highest BCUT2D eigenvalue weighted by Crippen LogP contribution is 2.40. The van der Waals surface area contributed by atoms with E-state index < -0.39 is 35.2 Å². The van der Waals surface area contributed by atoms with Crippen molar-refractivity contribution >= 4 is 12.1 Å². The Morgan fingerprint density at radius 2 is 1.83 bits per heavy atom. The van der Waals surface area contributed by atoms with E-state index in [1.54, 1.807) is 20.8 Å². The van der Waals surface area contributed by atoms with Crippen LogP contribution in [0.3, 0.4) is 0 Å². The number of aliphatic carboxylic acids is 1. The van der Waals surface area contributed by atoms with Gasteiger partial charge in [0.25, 0.3) is 0 Å². The van der Waals surface area contributed by atoms with Crippen LogP contribution in [0.4, 0.5) is 4.79 Å². The average Bonchev–Trinajstić information content (AvgIpc) is 2.48. The van der Waals surface area contributed by atoms with Crippen LogP contribution in [0, 0.1) is 5.41 Å². The Hall–Kier alpha value is -2.08. The van der Waals surface area contributed by atoms with Crippen LogP contribution in [0.15, 0.2) is 30.3 Å². The molecule has 6 heteroatoms. The summed E-state index contributed by atoms with van der Waals surface area (Å²) < 4.78 is 5.45. The molecule has 1 amide bonds. The molecule has 3 atom stereocenters. The third-order valence-electron chi connectivity index (χ3n) is 4.36. The molecule has 2 unspecified atom stereocenters. The number of rotatable bonds is 2. The first-order chi connectivity index (χ1) is 11.0. The predicted molar refractivity (Wildman–Crippen MR) is 88.5 cm³/mol. The molecule has 6 nitrogen and oxygen atoms in total. The number of hydrogen-bond donors (Lipinski definition) is 2. The third kappa shape index (κ3) is 3.70. The van der Waals surface area contributed by atoms with E-state index in [0.717, 1.165) is 5.56 Å². The van der Waals surface area contributed by atoms with Gasteiger partial charge < -0.3 is 14.9 Å². The third-order valence-corrected chi connectivity index (χ3v) is 4.36. The lowest BCUT2D eigenvalue weighted by atomic mass is 9.75. The standard InChI is InChI=1S/C18H25NO5/c1-17(2,3)24-16(23)19-11-18(4,15(21)22)14(20)10-13(19)12-8-6-5-7-9-12/h5-9,13-14,20H,10-11H2,1-4H3,(H,21,22)/t13-,14?,18?/m0/s1. The minimum absolute atomic E-state index is 0.113. The fourth-order valence-electron chi connectivity index (χ4n) is 2.88. The van der Waals surface area contributed by atoms with Gasteiger partial charge in [-0.05, 0) is 39.7 Å². The number of carboxylic acid groups (broad SMARTS) is 1. The quantitative estimate of drug-likeness (QED) is 0.868. The molecule has 1 saturated heterocycles. The maximum Gasteiger partial charge on any atom is 0.410 e. The zero-order valence-electron chi connectivity index (χ0n) is 14.5. The summed E-state index contributed by atoms with van der Waals surface area (Å²) in [7, 11) is 0. The van der Waals surface area contributed by atoms with E-state index in [9.17, 15) is 19.8 Å². The van der Waals surface area contributed by atoms with Gasteiger partial charge in [-0.1, -0.05) is 30.3 Å². The van der Waals surface area contributed by atoms with Crippen molar-refractivity contribution in [2.24, 2.45) is 5.41 Å². The van der Waals surface area contributed by atoms with Crippen molar-refractivity contribution in [1.29, 1.82) is 0 Å². The van der Waals surface area contributed by atoms with Crippen molar-refractivity contribution in [2.75, 3.05) is 6.54 Å². The molecule has 24 heavy (non-hydrogen) atoms. The zero-order valence-corrected chi connectivity index (χ0v) is 14.5. The lowest BCUT2D eigenvalue weighted by Crippen LogP contribution is -2.57. The maximum absolute atomic E-state index is 12.6. The molecule has 0 aromatic heterocycles. The molecule has 2 rings (SSSR count). The van der Waals surface area contributed by atoms with Crippen LogP contribution in [0.2, 0.25) is 0 Å². The number of hydrogen-bond acceptors (Lipinski definition) is 4. The number of likely N-dealkylation sites (tertiary alicyclic amines) is 1. The highest BCUT2D eigenvalue weighted by Gasteiger charge is 2.50. The van der Waals surface area contributed by atoms with Crippen molar-refractivity contribution in [3.05, 3.63) is 35.9 Å². The normalized spacial score (nSPS) is 27.6. The summed E-state index contributed by atoms with van der Waals surface area (Å²) in [6, 6.07) is 8.85. The van der Waals surface area contributed by atoms with Gasteiger partial charge in [-0.15, -0.1) is 0 Å². The molecule has 2 N–H and O–H groups in total. The molecule has 1 aliphatic heterocycles. The zero-order chi connectivity index (χ0) is 18.1. The van der Waals surface area contributed by atoms with Crippen molar-refractivity contribution in [1.82, 2.24) is 4.90 Å². The molecule has 132 valence electrons. The highest BCUT2D eigenvalue weighted by atomic mass is 16.6. The number of nitrogens with zero attached hydrogens (tertiary/aromatic N) is 1. The first kappa shape index (κ1) is 18.3. The summed E-state index contributed by atoms with van der Waals surface area (Å²) in [4.78, 5) is 25.7. The lowest BCUT2D eigenvalue weighted by Gasteiger charge is -2.46. The van der Waals surface area contributed by atoms with E-state index in [1.807, 2.05) is 30.3 Å². The Morgan fingerprint density at radius 1 is 1.25 bits per heavy atom. The average molecular weight is 335 g/mol. The molecule has 0 saturated carbocycles. The molecule has 0 radical (unpaired) electrons. The van der Waals surface area contributed by atoms with E-state index in [-0.39, 0.29) is 13.0 Å². The number of carbonyl (C=O) groups excluding carboxylic acids is 1. The summed E-state index contributed by atoms with van der Waals surface area (Å²) >= 11 is 0. The largest absolute Gasteiger partial charge is 0.481 e. The summed E-state index contributed by atoms with van der Waals surface area (Å²) in [5.74, 6) is -1.13. The summed E-state index contributed by atoms with van der Waals surface area (Å²) in [6.45, 7) is 6.63. The van der Waals surface area contributed by atoms with Gasteiger partial charge in [0.05, 0.1) is 12.1 Å². The van der Waals surface area contributed by atoms with Crippen LogP contribution >= 0.6 is 0 Å². The number of piperidine rings is 1. The molecule has 1 aliphatic rings. The van der Waals surface area contributed by atoms with Crippen molar-refractivity contribution < 1.29 is 24.5 Å². The van der Waals surface area contributed by atoms with E-state index in [0.29, 0.717) is 0 Å². The number of aliphatic hydroxyl groups excluding tert-OH is 1. The van der Waals surface area contributed by atoms with Crippen molar-refractivity contribution in [3.63, 3.8) is 0 Å². The van der Waals surface area contributed by atoms with E-state index in [1.165, 1.54) is 11.8 Å². The van der Waals surface area contributed by atoms with E-state index in [2.05, 4.69) is 0 Å². The maximum atomic E-state index is 12.6. The van der Waals surface area contributed by atoms with Gasteiger partial charge in [-0.3, -0.25) is 9.69 Å². The molecule has 0 aliphatic carbocycles. The minimum atomic E-state index is -1.43. The number of benzene rings is 1. The fourth-order valence-corrected chi connectivity index (χ4v) is 2.88. The van der Waals surface area contributed by atoms with Gasteiger partial charge in [0.2, 0.25) is 0 Å². The summed E-state index contributed by atoms with van der Waals surface area (Å²) in [5.41, 5.74) is -1.27. The van der Waals surface area contributed by atoms with Gasteiger partial charge in [0, 0.05) is 6.54 Å². The Balaban J connectivity index is 2.38. The number of amides is 1. The Morgan fingerprint density at radius 3 is 2.33 bits per heavy atom. The monoisotopic (exact) mass is 335 g/mol. The first-order valence-corrected chi connectivity index (χ1v) is 8.00. The van der Waals surface area contributed by atoms with Crippen LogP contribution in [0.1, 0.15) is 45.7 Å². The molecule has 0 bridgehead atoms. The number of ether oxygens (including phenoxy) is 1. The van der Waals surface area contributed by atoms with Gasteiger partial charge in [-0.25, -0.2) is 4.79 Å². The fraction of sp³-hybridized carbons (Fsp3) is 0.556. The highest BCUT2D eigenvalue weighted by molar-refractivity contribution is 5.77. The topological polar surface area (TPSA) is 87.1 Å². The van der Waals surface area contributed by atoms with Crippen LogP contribution < -0.4 is 0 Å². The van der Waals surface area contributed by atoms with Gasteiger partial charge in [0.1, 0.15) is 11.0 Å². The lowest BCUT2D eigenvalue weighted by molar-refractivity contribution is -0.163. The summed E-state index contributed by atoms with van der Waals surface area (Å²) in [6.07, 6.45) is -1.49. The molecule has 1 heterocycles. The number of aliphatic hydroxyl groups is 1. The van der Waals surface area contributed by atoms with Crippen LogP contribution in [-0.2, 0) is 9.53 Å². The van der Waals surface area contributed by atoms with E-state index >= 15 is 0 Å². The van der Waals surface area contributed by atoms with Crippen LogP contribution in [0.25, 0.3) is 0 Å². The Labute approximate surface area is 142 Å². The SMILES string of the molecule is CC(C)(C)OC(=O)N1CC(C)(C(=O)O)C(O)C[C@H]1c1ccccc1. The molecule has 1 aromatic rings. The Kier molecular flexibility index (Phi) is 4.90. The van der Waals surface area contributed by atoms with Crippen molar-refractivity contribution in [3.8, 4) is 0 Å². The molecule has 1 aromatic carbocycles. The van der Waals surface area contributed by atoms with Gasteiger partial charge >= 0.3 is 12.1 Å². The second-order valence-corrected chi connectivity index (χ2v) is 7.51. The second kappa shape index (κ2) is 6.43. The predicted octanol–water partition coefficient (Wildman–Crippen LogP) is 2.82. The first-order valence-electron chi connectivity index (χ1n) is 8.00. The van der Waals surface area contributed by atoms with Gasteiger partial charge in [0.15, 0.2) is 0 Å².